The number of carboxylic acid groups (broad SMARTS) is 1. The number of hydrogen-bond acceptors (Lipinski definition) is 4. The number of halogens is 1. The Morgan fingerprint density at radius 1 is 1.09 bits per heavy atom. The number of nitrogens with zero attached hydrogens (tertiary/aromatic N) is 1. The van der Waals surface area contributed by atoms with E-state index >= 15 is 0 Å². The third-order valence-corrected chi connectivity index (χ3v) is 7.78. The minimum absolute atomic E-state index is 0.125. The second kappa shape index (κ2) is 9.52. The van der Waals surface area contributed by atoms with Gasteiger partial charge in [0.2, 0.25) is 0 Å². The fourth-order valence-electron chi connectivity index (χ4n) is 4.14. The zero-order valence-electron chi connectivity index (χ0n) is 18.8. The molecule has 3 aromatic carbocycles. The Labute approximate surface area is 203 Å². The van der Waals surface area contributed by atoms with E-state index in [2.05, 4.69) is 0 Å². The number of hydrogen-bond donors (Lipinski definition) is 1. The smallest absolute Gasteiger partial charge is 0.303 e. The normalized spacial score (nSPS) is 11.6. The van der Waals surface area contributed by atoms with Crippen molar-refractivity contribution >= 4 is 38.5 Å². The number of aromatic nitrogens is 1. The topological polar surface area (TPSA) is 85.6 Å². The van der Waals surface area contributed by atoms with Crippen molar-refractivity contribution in [2.45, 2.75) is 31.6 Å². The monoisotopic (exact) mass is 497 g/mol. The minimum Gasteiger partial charge on any atom is -0.494 e. The van der Waals surface area contributed by atoms with Gasteiger partial charge in [0.15, 0.2) is 0 Å². The van der Waals surface area contributed by atoms with Crippen LogP contribution in [0, 0.1) is 6.92 Å². The molecule has 0 bridgehead atoms. The largest absolute Gasteiger partial charge is 0.494 e. The quantitative estimate of drug-likeness (QED) is 0.326. The molecule has 1 N–H and O–H groups in total. The molecule has 0 spiro atoms. The third-order valence-electron chi connectivity index (χ3n) is 5.68. The number of ether oxygens (including phenoxy) is 1. The number of fused-ring (bicyclic) bond motifs is 1. The van der Waals surface area contributed by atoms with E-state index in [0.717, 1.165) is 5.56 Å². The van der Waals surface area contributed by atoms with Gasteiger partial charge in [-0.3, -0.25) is 4.79 Å². The van der Waals surface area contributed by atoms with Crippen LogP contribution in [0.3, 0.4) is 0 Å². The van der Waals surface area contributed by atoms with Crippen LogP contribution in [-0.2, 0) is 21.2 Å². The molecule has 0 unspecified atom stereocenters. The molecule has 0 saturated carbocycles. The summed E-state index contributed by atoms with van der Waals surface area (Å²) in [7, 11) is -4.10. The van der Waals surface area contributed by atoms with Gasteiger partial charge in [-0.1, -0.05) is 41.9 Å². The van der Waals surface area contributed by atoms with Gasteiger partial charge in [-0.15, -0.1) is 0 Å². The summed E-state index contributed by atoms with van der Waals surface area (Å²) in [6.45, 7) is 3.98. The summed E-state index contributed by atoms with van der Waals surface area (Å²) in [4.78, 5) is 11.3. The molecule has 6 nitrogen and oxygen atoms in total. The maximum Gasteiger partial charge on any atom is 0.303 e. The molecular formula is C26H24ClNO5S. The van der Waals surface area contributed by atoms with Crippen molar-refractivity contribution in [1.29, 1.82) is 0 Å². The van der Waals surface area contributed by atoms with Crippen molar-refractivity contribution < 1.29 is 23.1 Å². The first-order valence-corrected chi connectivity index (χ1v) is 12.6. The number of aliphatic carboxylic acids is 1. The lowest BCUT2D eigenvalue weighted by Crippen LogP contribution is -2.15. The van der Waals surface area contributed by atoms with Crippen molar-refractivity contribution in [1.82, 2.24) is 3.97 Å². The van der Waals surface area contributed by atoms with Gasteiger partial charge in [0.1, 0.15) is 10.6 Å². The van der Waals surface area contributed by atoms with Gasteiger partial charge in [-0.25, -0.2) is 12.4 Å². The maximum atomic E-state index is 14.2. The highest BCUT2D eigenvalue weighted by atomic mass is 35.5. The van der Waals surface area contributed by atoms with E-state index in [4.69, 9.17) is 21.4 Å². The van der Waals surface area contributed by atoms with Crippen LogP contribution >= 0.6 is 11.6 Å². The second-order valence-corrected chi connectivity index (χ2v) is 10.1. The van der Waals surface area contributed by atoms with Gasteiger partial charge in [-0.2, -0.15) is 0 Å². The lowest BCUT2D eigenvalue weighted by molar-refractivity contribution is -0.136. The van der Waals surface area contributed by atoms with Crippen LogP contribution in [0.2, 0.25) is 5.02 Å². The third kappa shape index (κ3) is 4.41. The van der Waals surface area contributed by atoms with Gasteiger partial charge < -0.3 is 9.84 Å². The first kappa shape index (κ1) is 23.9. The zero-order chi connectivity index (χ0) is 24.5. The summed E-state index contributed by atoms with van der Waals surface area (Å²) in [5.41, 5.74) is 2.86. The van der Waals surface area contributed by atoms with Crippen molar-refractivity contribution in [3.63, 3.8) is 0 Å². The lowest BCUT2D eigenvalue weighted by Gasteiger charge is -2.18. The SMILES string of the molecule is CCOc1ccc(-c2ccccc2)c(S(=O)(=O)n2cc(CCC(=O)O)c3cc(Cl)ccc32)c1C. The average molecular weight is 498 g/mol. The highest BCUT2D eigenvalue weighted by Crippen LogP contribution is 2.38. The van der Waals surface area contributed by atoms with E-state index in [9.17, 15) is 13.2 Å². The van der Waals surface area contributed by atoms with Crippen LogP contribution in [0.15, 0.2) is 71.8 Å². The highest BCUT2D eigenvalue weighted by Gasteiger charge is 2.28. The van der Waals surface area contributed by atoms with Gasteiger partial charge in [-0.05, 0) is 61.7 Å². The lowest BCUT2D eigenvalue weighted by atomic mass is 10.0. The maximum absolute atomic E-state index is 14.2. The number of rotatable bonds is 8. The number of carboxylic acids is 1. The van der Waals surface area contributed by atoms with Crippen LogP contribution in [0.1, 0.15) is 24.5 Å². The van der Waals surface area contributed by atoms with Crippen LogP contribution in [0.4, 0.5) is 0 Å². The van der Waals surface area contributed by atoms with Crippen molar-refractivity contribution in [2.24, 2.45) is 0 Å². The Kier molecular flexibility index (Phi) is 6.68. The Morgan fingerprint density at radius 2 is 1.82 bits per heavy atom. The molecule has 8 heteroatoms. The van der Waals surface area contributed by atoms with Crippen molar-refractivity contribution in [3.05, 3.63) is 83.0 Å². The molecule has 1 aromatic heterocycles. The molecule has 0 aliphatic carbocycles. The van der Waals surface area contributed by atoms with Crippen LogP contribution < -0.4 is 4.74 Å². The summed E-state index contributed by atoms with van der Waals surface area (Å²) >= 11 is 6.19. The average Bonchev–Trinajstić information content (AvgIpc) is 3.18. The molecule has 4 aromatic rings. The molecular weight excluding hydrogens is 474 g/mol. The molecule has 0 atom stereocenters. The molecule has 0 radical (unpaired) electrons. The fraction of sp³-hybridized carbons (Fsp3) is 0.192. The molecule has 0 amide bonds. The highest BCUT2D eigenvalue weighted by molar-refractivity contribution is 7.90. The van der Waals surface area contributed by atoms with Gasteiger partial charge in [0.25, 0.3) is 10.0 Å². The number of carbonyl (C=O) groups is 1. The van der Waals surface area contributed by atoms with E-state index in [0.29, 0.717) is 45.0 Å². The molecule has 176 valence electrons. The number of benzene rings is 3. The molecule has 4 rings (SSSR count). The van der Waals surface area contributed by atoms with Crippen molar-refractivity contribution in [2.75, 3.05) is 6.61 Å². The summed E-state index contributed by atoms with van der Waals surface area (Å²) in [5.74, 6) is -0.469. The predicted molar refractivity (Wildman–Crippen MR) is 133 cm³/mol. The molecule has 34 heavy (non-hydrogen) atoms. The molecule has 0 fully saturated rings. The fourth-order valence-corrected chi connectivity index (χ4v) is 6.14. The summed E-state index contributed by atoms with van der Waals surface area (Å²) in [6, 6.07) is 17.8. The Bertz CT molecular complexity index is 1480. The van der Waals surface area contributed by atoms with E-state index in [1.807, 2.05) is 37.3 Å². The van der Waals surface area contributed by atoms with E-state index in [1.165, 1.54) is 10.2 Å². The second-order valence-electron chi connectivity index (χ2n) is 7.87. The Hall–Kier alpha value is -3.29. The van der Waals surface area contributed by atoms with Gasteiger partial charge in [0, 0.05) is 34.2 Å². The predicted octanol–water partition coefficient (Wildman–Crippen LogP) is 5.92. The molecule has 0 aliphatic heterocycles. The Morgan fingerprint density at radius 3 is 2.50 bits per heavy atom. The first-order chi connectivity index (χ1) is 16.2. The van der Waals surface area contributed by atoms with Crippen LogP contribution in [0.25, 0.3) is 22.0 Å². The molecule has 1 heterocycles. The first-order valence-electron chi connectivity index (χ1n) is 10.8. The van der Waals surface area contributed by atoms with E-state index in [1.54, 1.807) is 37.3 Å². The van der Waals surface area contributed by atoms with Crippen molar-refractivity contribution in [3.8, 4) is 16.9 Å². The Balaban J connectivity index is 2.00. The van der Waals surface area contributed by atoms with Gasteiger partial charge in [0.05, 0.1) is 12.1 Å². The summed E-state index contributed by atoms with van der Waals surface area (Å²) < 4.78 is 35.4. The molecule has 0 saturated heterocycles. The van der Waals surface area contributed by atoms with Gasteiger partial charge >= 0.3 is 5.97 Å². The standard InChI is InChI=1S/C26H24ClNO5S/c1-3-33-24-13-11-21(18-7-5-4-6-8-18)26(17(24)2)34(31,32)28-16-19(9-14-25(29)30)22-15-20(27)10-12-23(22)28/h4-8,10-13,15-16H,3,9,14H2,1-2H3,(H,29,30). The zero-order valence-corrected chi connectivity index (χ0v) is 20.4. The van der Waals surface area contributed by atoms with Crippen LogP contribution in [-0.4, -0.2) is 30.1 Å². The van der Waals surface area contributed by atoms with E-state index in [-0.39, 0.29) is 17.7 Å². The van der Waals surface area contributed by atoms with E-state index < -0.39 is 16.0 Å². The summed E-state index contributed by atoms with van der Waals surface area (Å²) in [5, 5.41) is 10.2. The van der Waals surface area contributed by atoms with Crippen LogP contribution in [0.5, 0.6) is 5.75 Å². The summed E-state index contributed by atoms with van der Waals surface area (Å²) in [6.07, 6.45) is 1.55. The number of aryl methyl sites for hydroxylation is 1. The molecule has 0 aliphatic rings. The minimum atomic E-state index is -4.10.